The van der Waals surface area contributed by atoms with Gasteiger partial charge in [0.1, 0.15) is 0 Å². The van der Waals surface area contributed by atoms with E-state index in [1.54, 1.807) is 6.20 Å². The third kappa shape index (κ3) is 4.84. The summed E-state index contributed by atoms with van der Waals surface area (Å²) >= 11 is 6.09. The van der Waals surface area contributed by atoms with E-state index >= 15 is 0 Å². The molecule has 148 valence electrons. The summed E-state index contributed by atoms with van der Waals surface area (Å²) in [6, 6.07) is 19.2. The molecular formula is C24H23ClN2O2. The Morgan fingerprint density at radius 3 is 2.52 bits per heavy atom. The highest BCUT2D eigenvalue weighted by molar-refractivity contribution is 6.30. The van der Waals surface area contributed by atoms with Gasteiger partial charge in [-0.25, -0.2) is 0 Å². The maximum atomic E-state index is 13.0. The summed E-state index contributed by atoms with van der Waals surface area (Å²) in [5.41, 5.74) is 3.72. The van der Waals surface area contributed by atoms with Gasteiger partial charge >= 0.3 is 0 Å². The molecule has 4 nitrogen and oxygen atoms in total. The lowest BCUT2D eigenvalue weighted by molar-refractivity contribution is 0.0513. The van der Waals surface area contributed by atoms with Crippen LogP contribution in [0.25, 0.3) is 11.1 Å². The normalized spacial score (nSPS) is 15.6. The number of halogens is 1. The molecule has 0 radical (unpaired) electrons. The van der Waals surface area contributed by atoms with Crippen LogP contribution >= 0.6 is 11.6 Å². The van der Waals surface area contributed by atoms with E-state index in [9.17, 15) is 4.79 Å². The van der Waals surface area contributed by atoms with Crippen LogP contribution in [-0.4, -0.2) is 24.1 Å². The van der Waals surface area contributed by atoms with Gasteiger partial charge < -0.3 is 10.1 Å². The molecule has 3 aromatic rings. The van der Waals surface area contributed by atoms with E-state index in [4.69, 9.17) is 16.3 Å². The third-order valence-electron chi connectivity index (χ3n) is 5.37. The second-order valence-corrected chi connectivity index (χ2v) is 7.71. The first-order chi connectivity index (χ1) is 14.2. The molecule has 1 amide bonds. The Morgan fingerprint density at radius 2 is 1.83 bits per heavy atom. The van der Waals surface area contributed by atoms with Crippen molar-refractivity contribution in [3.05, 3.63) is 89.2 Å². The zero-order valence-corrected chi connectivity index (χ0v) is 16.8. The molecule has 1 saturated heterocycles. The van der Waals surface area contributed by atoms with E-state index < -0.39 is 0 Å². The van der Waals surface area contributed by atoms with Gasteiger partial charge in [0.05, 0.1) is 6.04 Å². The van der Waals surface area contributed by atoms with Gasteiger partial charge in [-0.3, -0.25) is 9.78 Å². The molecule has 0 spiro atoms. The summed E-state index contributed by atoms with van der Waals surface area (Å²) in [7, 11) is 0. The molecule has 29 heavy (non-hydrogen) atoms. The van der Waals surface area contributed by atoms with E-state index in [1.807, 2.05) is 66.9 Å². The highest BCUT2D eigenvalue weighted by Gasteiger charge is 2.27. The van der Waals surface area contributed by atoms with E-state index in [2.05, 4.69) is 10.3 Å². The SMILES string of the molecule is O=C(NC(c1cccnc1)C1CCOCC1)c1ccc(-c2cccc(Cl)c2)cc1. The van der Waals surface area contributed by atoms with E-state index in [-0.39, 0.29) is 11.9 Å². The summed E-state index contributed by atoms with van der Waals surface area (Å²) in [6.07, 6.45) is 5.44. The smallest absolute Gasteiger partial charge is 0.251 e. The van der Waals surface area contributed by atoms with Crippen molar-refractivity contribution < 1.29 is 9.53 Å². The molecule has 2 heterocycles. The van der Waals surface area contributed by atoms with Gasteiger partial charge in [0, 0.05) is 36.2 Å². The number of hydrogen-bond acceptors (Lipinski definition) is 3. The van der Waals surface area contributed by atoms with Crippen LogP contribution in [0, 0.1) is 5.92 Å². The Balaban J connectivity index is 1.52. The first-order valence-corrected chi connectivity index (χ1v) is 10.2. The van der Waals surface area contributed by atoms with Gasteiger partial charge in [-0.15, -0.1) is 0 Å². The van der Waals surface area contributed by atoms with Gasteiger partial charge in [0.15, 0.2) is 0 Å². The van der Waals surface area contributed by atoms with Crippen LogP contribution in [0.3, 0.4) is 0 Å². The van der Waals surface area contributed by atoms with E-state index in [1.165, 1.54) is 0 Å². The molecule has 2 aromatic carbocycles. The molecule has 0 saturated carbocycles. The summed E-state index contributed by atoms with van der Waals surface area (Å²) < 4.78 is 5.50. The number of nitrogens with one attached hydrogen (secondary N) is 1. The third-order valence-corrected chi connectivity index (χ3v) is 5.61. The molecule has 5 heteroatoms. The molecule has 1 unspecified atom stereocenters. The Hall–Kier alpha value is -2.69. The largest absolute Gasteiger partial charge is 0.381 e. The van der Waals surface area contributed by atoms with Crippen molar-refractivity contribution >= 4 is 17.5 Å². The highest BCUT2D eigenvalue weighted by Crippen LogP contribution is 2.30. The number of nitrogens with zero attached hydrogens (tertiary/aromatic N) is 1. The minimum Gasteiger partial charge on any atom is -0.381 e. The number of rotatable bonds is 5. The molecule has 0 aliphatic carbocycles. The zero-order valence-electron chi connectivity index (χ0n) is 16.1. The summed E-state index contributed by atoms with van der Waals surface area (Å²) in [5, 5.41) is 3.93. The number of amides is 1. The first kappa shape index (κ1) is 19.6. The predicted octanol–water partition coefficient (Wildman–Crippen LogP) is 5.30. The molecule has 0 bridgehead atoms. The standard InChI is InChI=1S/C24H23ClN2O2/c25-22-5-1-3-20(15-22)17-6-8-19(9-7-17)24(28)27-23(18-10-13-29-14-11-18)21-4-2-12-26-16-21/h1-9,12,15-16,18,23H,10-11,13-14H2,(H,27,28). The Morgan fingerprint density at radius 1 is 1.03 bits per heavy atom. The monoisotopic (exact) mass is 406 g/mol. The number of ether oxygens (including phenoxy) is 1. The molecule has 1 N–H and O–H groups in total. The molecule has 4 rings (SSSR count). The van der Waals surface area contributed by atoms with Crippen molar-refractivity contribution in [1.29, 1.82) is 0 Å². The van der Waals surface area contributed by atoms with Gasteiger partial charge in [0.25, 0.3) is 5.91 Å². The van der Waals surface area contributed by atoms with Crippen molar-refractivity contribution in [3.63, 3.8) is 0 Å². The van der Waals surface area contributed by atoms with Crippen LogP contribution in [-0.2, 0) is 4.74 Å². The summed E-state index contributed by atoms with van der Waals surface area (Å²) in [5.74, 6) is 0.255. The topological polar surface area (TPSA) is 51.2 Å². The van der Waals surface area contributed by atoms with E-state index in [0.717, 1.165) is 42.7 Å². The number of hydrogen-bond donors (Lipinski definition) is 1. The fourth-order valence-electron chi connectivity index (χ4n) is 3.79. The number of benzene rings is 2. The number of pyridine rings is 1. The fraction of sp³-hybridized carbons (Fsp3) is 0.250. The van der Waals surface area contributed by atoms with Crippen LogP contribution < -0.4 is 5.32 Å². The maximum Gasteiger partial charge on any atom is 0.251 e. The second kappa shape index (κ2) is 9.21. The van der Waals surface area contributed by atoms with Crippen LogP contribution in [0.2, 0.25) is 5.02 Å². The number of aromatic nitrogens is 1. The van der Waals surface area contributed by atoms with Crippen LogP contribution in [0.5, 0.6) is 0 Å². The van der Waals surface area contributed by atoms with Crippen molar-refractivity contribution in [3.8, 4) is 11.1 Å². The maximum absolute atomic E-state index is 13.0. The van der Waals surface area contributed by atoms with Gasteiger partial charge in [0.2, 0.25) is 0 Å². The average molecular weight is 407 g/mol. The predicted molar refractivity (Wildman–Crippen MR) is 115 cm³/mol. The minimum atomic E-state index is -0.0806. The van der Waals surface area contributed by atoms with Crippen molar-refractivity contribution in [2.24, 2.45) is 5.92 Å². The number of carbonyl (C=O) groups is 1. The fourth-order valence-corrected chi connectivity index (χ4v) is 3.98. The molecular weight excluding hydrogens is 384 g/mol. The van der Waals surface area contributed by atoms with Gasteiger partial charge in [-0.2, -0.15) is 0 Å². The quantitative estimate of drug-likeness (QED) is 0.625. The Kier molecular flexibility index (Phi) is 6.23. The Bertz CT molecular complexity index is 954. The zero-order chi connectivity index (χ0) is 20.1. The molecule has 1 fully saturated rings. The molecule has 1 aliphatic rings. The Labute approximate surface area is 175 Å². The minimum absolute atomic E-state index is 0.0762. The lowest BCUT2D eigenvalue weighted by atomic mass is 9.87. The van der Waals surface area contributed by atoms with Crippen molar-refractivity contribution in [1.82, 2.24) is 10.3 Å². The summed E-state index contributed by atoms with van der Waals surface area (Å²) in [4.78, 5) is 17.2. The molecule has 1 aliphatic heterocycles. The number of carbonyl (C=O) groups excluding carboxylic acids is 1. The highest BCUT2D eigenvalue weighted by atomic mass is 35.5. The lowest BCUT2D eigenvalue weighted by Crippen LogP contribution is -2.36. The van der Waals surface area contributed by atoms with Crippen LogP contribution in [0.1, 0.15) is 34.8 Å². The van der Waals surface area contributed by atoms with Crippen LogP contribution in [0.15, 0.2) is 73.1 Å². The molecule has 1 atom stereocenters. The van der Waals surface area contributed by atoms with Gasteiger partial charge in [-0.05, 0) is 65.8 Å². The first-order valence-electron chi connectivity index (χ1n) is 9.85. The van der Waals surface area contributed by atoms with E-state index in [0.29, 0.717) is 16.5 Å². The van der Waals surface area contributed by atoms with Crippen molar-refractivity contribution in [2.45, 2.75) is 18.9 Å². The average Bonchev–Trinajstić information content (AvgIpc) is 2.78. The summed E-state index contributed by atoms with van der Waals surface area (Å²) in [6.45, 7) is 1.46. The van der Waals surface area contributed by atoms with Crippen molar-refractivity contribution in [2.75, 3.05) is 13.2 Å². The second-order valence-electron chi connectivity index (χ2n) is 7.27. The molecule has 1 aromatic heterocycles. The van der Waals surface area contributed by atoms with Crippen LogP contribution in [0.4, 0.5) is 0 Å². The van der Waals surface area contributed by atoms with Gasteiger partial charge in [-0.1, -0.05) is 41.9 Å². The lowest BCUT2D eigenvalue weighted by Gasteiger charge is -2.31.